The number of aliphatic hydroxyl groups is 2. The first-order valence-electron chi connectivity index (χ1n) is 8.64. The number of rotatable bonds is 4. The first-order valence-corrected chi connectivity index (χ1v) is 9.02. The van der Waals surface area contributed by atoms with Gasteiger partial charge in [0.15, 0.2) is 0 Å². The Kier molecular flexibility index (Phi) is 5.98. The van der Waals surface area contributed by atoms with E-state index >= 15 is 0 Å². The van der Waals surface area contributed by atoms with E-state index in [1.165, 1.54) is 5.56 Å². The molecule has 25 heavy (non-hydrogen) atoms. The van der Waals surface area contributed by atoms with Crippen LogP contribution in [0.2, 0.25) is 0 Å². The smallest absolute Gasteiger partial charge is 0.0834 e. The molecule has 1 fully saturated rings. The zero-order valence-corrected chi connectivity index (χ0v) is 14.8. The Bertz CT molecular complexity index is 699. The molecule has 132 valence electrons. The van der Waals surface area contributed by atoms with Crippen LogP contribution in [0.3, 0.4) is 0 Å². The third-order valence-electron chi connectivity index (χ3n) is 4.94. The molecule has 1 aromatic rings. The van der Waals surface area contributed by atoms with Crippen molar-refractivity contribution in [1.29, 1.82) is 0 Å². The molecule has 4 heteroatoms. The Labute approximate surface area is 154 Å². The Hall–Kier alpha value is -1.57. The van der Waals surface area contributed by atoms with Gasteiger partial charge in [-0.25, -0.2) is 0 Å². The molecule has 1 saturated heterocycles. The van der Waals surface area contributed by atoms with Gasteiger partial charge in [-0.05, 0) is 42.2 Å². The molecule has 1 aromatic carbocycles. The van der Waals surface area contributed by atoms with E-state index in [-0.39, 0.29) is 24.7 Å². The number of benzene rings is 1. The van der Waals surface area contributed by atoms with Crippen LogP contribution in [0.15, 0.2) is 47.0 Å². The van der Waals surface area contributed by atoms with Crippen LogP contribution in [0.1, 0.15) is 30.4 Å². The van der Waals surface area contributed by atoms with Gasteiger partial charge in [0.25, 0.3) is 0 Å². The minimum Gasteiger partial charge on any atom is -0.394 e. The van der Waals surface area contributed by atoms with Gasteiger partial charge in [0.2, 0.25) is 0 Å². The molecule has 4 atom stereocenters. The second kappa shape index (κ2) is 8.21. The van der Waals surface area contributed by atoms with Crippen LogP contribution in [-0.2, 0) is 11.2 Å². The molecule has 0 spiro atoms. The third-order valence-corrected chi connectivity index (χ3v) is 5.33. The van der Waals surface area contributed by atoms with Crippen LogP contribution in [0.25, 0.3) is 0 Å². The van der Waals surface area contributed by atoms with E-state index in [0.29, 0.717) is 12.8 Å². The van der Waals surface area contributed by atoms with Crippen molar-refractivity contribution in [2.24, 2.45) is 5.92 Å². The van der Waals surface area contributed by atoms with Crippen molar-refractivity contribution >= 4 is 11.6 Å². The zero-order chi connectivity index (χ0) is 17.8. The molecule has 3 nitrogen and oxygen atoms in total. The largest absolute Gasteiger partial charge is 0.394 e. The number of aliphatic hydroxyl groups excluding tert-OH is 2. The molecule has 2 unspecified atom stereocenters. The number of halogens is 1. The number of terminal acetylenes is 1. The van der Waals surface area contributed by atoms with Crippen molar-refractivity contribution in [2.75, 3.05) is 6.61 Å². The summed E-state index contributed by atoms with van der Waals surface area (Å²) in [6.07, 6.45) is 11.2. The summed E-state index contributed by atoms with van der Waals surface area (Å²) >= 11 is 6.41. The van der Waals surface area contributed by atoms with E-state index in [4.69, 9.17) is 22.8 Å². The monoisotopic (exact) mass is 358 g/mol. The molecule has 1 heterocycles. The van der Waals surface area contributed by atoms with E-state index in [1.807, 2.05) is 30.3 Å². The summed E-state index contributed by atoms with van der Waals surface area (Å²) in [6, 6.07) is 7.93. The highest BCUT2D eigenvalue weighted by Gasteiger charge is 2.33. The summed E-state index contributed by atoms with van der Waals surface area (Å²) in [6.45, 7) is -0.0605. The highest BCUT2D eigenvalue weighted by molar-refractivity contribution is 6.31. The van der Waals surface area contributed by atoms with Crippen LogP contribution >= 0.6 is 11.6 Å². The number of hydrogen-bond donors (Lipinski definition) is 2. The zero-order valence-electron chi connectivity index (χ0n) is 14.1. The Morgan fingerprint density at radius 1 is 1.24 bits per heavy atom. The van der Waals surface area contributed by atoms with Crippen LogP contribution in [0.4, 0.5) is 0 Å². The van der Waals surface area contributed by atoms with Crippen molar-refractivity contribution in [3.8, 4) is 12.3 Å². The standard InChI is InChI=1S/C21H23ClO3/c1-2-14-3-5-15(6-4-14)9-17-10-16(7-8-20(17)22)21-12-18(24)11-19(13-23)25-21/h1,3-8,16,18-19,21,23-24H,9-13H2/t16?,18-,19-,21?/m0/s1. The summed E-state index contributed by atoms with van der Waals surface area (Å²) in [5.74, 6) is 2.78. The maximum Gasteiger partial charge on any atom is 0.0834 e. The lowest BCUT2D eigenvalue weighted by Crippen LogP contribution is -2.41. The van der Waals surface area contributed by atoms with Crippen LogP contribution in [0, 0.1) is 18.3 Å². The number of allylic oxidation sites excluding steroid dienone is 3. The summed E-state index contributed by atoms with van der Waals surface area (Å²) in [4.78, 5) is 0. The summed E-state index contributed by atoms with van der Waals surface area (Å²) in [5.41, 5.74) is 3.19. The van der Waals surface area contributed by atoms with Gasteiger partial charge >= 0.3 is 0 Å². The molecule has 0 radical (unpaired) electrons. The van der Waals surface area contributed by atoms with E-state index < -0.39 is 6.10 Å². The highest BCUT2D eigenvalue weighted by atomic mass is 35.5. The van der Waals surface area contributed by atoms with Gasteiger partial charge in [0, 0.05) is 29.4 Å². The minimum absolute atomic E-state index is 0.0605. The van der Waals surface area contributed by atoms with Crippen molar-refractivity contribution in [1.82, 2.24) is 0 Å². The lowest BCUT2D eigenvalue weighted by molar-refractivity contribution is -0.124. The van der Waals surface area contributed by atoms with Crippen LogP contribution in [0.5, 0.6) is 0 Å². The molecular formula is C21H23ClO3. The van der Waals surface area contributed by atoms with E-state index in [1.54, 1.807) is 0 Å². The SMILES string of the molecule is C#Cc1ccc(CC2=C(Cl)C=CC(C3C[C@@H](O)C[C@@H](CO)O3)C2)cc1. The maximum atomic E-state index is 10.0. The lowest BCUT2D eigenvalue weighted by atomic mass is 9.83. The van der Waals surface area contributed by atoms with Crippen molar-refractivity contribution < 1.29 is 14.9 Å². The van der Waals surface area contributed by atoms with E-state index in [9.17, 15) is 10.2 Å². The predicted octanol–water partition coefficient (Wildman–Crippen LogP) is 3.18. The normalized spacial score (nSPS) is 29.5. The minimum atomic E-state index is -0.426. The molecule has 0 bridgehead atoms. The fraction of sp³-hybridized carbons (Fsp3) is 0.429. The molecule has 2 N–H and O–H groups in total. The molecule has 1 aliphatic heterocycles. The van der Waals surface area contributed by atoms with Gasteiger partial charge in [-0.1, -0.05) is 35.7 Å². The average molecular weight is 359 g/mol. The fourth-order valence-electron chi connectivity index (χ4n) is 3.57. The van der Waals surface area contributed by atoms with E-state index in [0.717, 1.165) is 29.0 Å². The average Bonchev–Trinajstić information content (AvgIpc) is 2.63. The Balaban J connectivity index is 1.69. The van der Waals surface area contributed by atoms with Gasteiger partial charge in [-0.3, -0.25) is 0 Å². The molecule has 0 aromatic heterocycles. The van der Waals surface area contributed by atoms with Crippen molar-refractivity contribution in [2.45, 2.75) is 44.0 Å². The van der Waals surface area contributed by atoms with Gasteiger partial charge in [-0.15, -0.1) is 6.42 Å². The first kappa shape index (κ1) is 18.2. The third kappa shape index (κ3) is 4.54. The molecular weight excluding hydrogens is 336 g/mol. The van der Waals surface area contributed by atoms with Crippen molar-refractivity contribution in [3.63, 3.8) is 0 Å². The summed E-state index contributed by atoms with van der Waals surface area (Å²) in [5, 5.41) is 20.2. The Morgan fingerprint density at radius 2 is 2.00 bits per heavy atom. The number of ether oxygens (including phenoxy) is 1. The second-order valence-electron chi connectivity index (χ2n) is 6.80. The quantitative estimate of drug-likeness (QED) is 0.813. The lowest BCUT2D eigenvalue weighted by Gasteiger charge is -2.37. The van der Waals surface area contributed by atoms with E-state index in [2.05, 4.69) is 12.0 Å². The summed E-state index contributed by atoms with van der Waals surface area (Å²) in [7, 11) is 0. The van der Waals surface area contributed by atoms with Gasteiger partial charge in [0.1, 0.15) is 0 Å². The fourth-order valence-corrected chi connectivity index (χ4v) is 3.79. The van der Waals surface area contributed by atoms with Gasteiger partial charge in [-0.2, -0.15) is 0 Å². The molecule has 1 aliphatic carbocycles. The molecule has 0 amide bonds. The predicted molar refractivity (Wildman–Crippen MR) is 99.2 cm³/mol. The van der Waals surface area contributed by atoms with Crippen molar-refractivity contribution in [3.05, 3.63) is 58.1 Å². The van der Waals surface area contributed by atoms with Crippen LogP contribution < -0.4 is 0 Å². The van der Waals surface area contributed by atoms with Crippen LogP contribution in [-0.4, -0.2) is 35.1 Å². The highest BCUT2D eigenvalue weighted by Crippen LogP contribution is 2.35. The maximum absolute atomic E-state index is 10.0. The number of hydrogen-bond acceptors (Lipinski definition) is 3. The van der Waals surface area contributed by atoms with Gasteiger partial charge < -0.3 is 14.9 Å². The Morgan fingerprint density at radius 3 is 2.68 bits per heavy atom. The topological polar surface area (TPSA) is 49.7 Å². The van der Waals surface area contributed by atoms with Gasteiger partial charge in [0.05, 0.1) is 24.9 Å². The first-order chi connectivity index (χ1) is 12.1. The molecule has 0 saturated carbocycles. The second-order valence-corrected chi connectivity index (χ2v) is 7.21. The molecule has 2 aliphatic rings. The summed E-state index contributed by atoms with van der Waals surface area (Å²) < 4.78 is 5.96. The molecule has 3 rings (SSSR count).